The molecule has 1 N–H and O–H groups in total. The molecule has 1 spiro atoms. The number of anilines is 1. The predicted octanol–water partition coefficient (Wildman–Crippen LogP) is 5.59. The van der Waals surface area contributed by atoms with Crippen LogP contribution in [-0.4, -0.2) is 57.5 Å². The van der Waals surface area contributed by atoms with E-state index in [1.54, 1.807) is 33.1 Å². The van der Waals surface area contributed by atoms with E-state index in [1.807, 2.05) is 35.5 Å². The summed E-state index contributed by atoms with van der Waals surface area (Å²) in [7, 11) is -2.21. The summed E-state index contributed by atoms with van der Waals surface area (Å²) in [4.78, 5) is 22.6. The normalized spacial score (nSPS) is 20.1. The van der Waals surface area contributed by atoms with Gasteiger partial charge in [0.1, 0.15) is 5.75 Å². The van der Waals surface area contributed by atoms with Crippen LogP contribution in [0.2, 0.25) is 0 Å². The minimum Gasteiger partial charge on any atom is -0.497 e. The molecule has 2 aliphatic heterocycles. The molecule has 9 heteroatoms. The zero-order chi connectivity index (χ0) is 30.2. The van der Waals surface area contributed by atoms with Gasteiger partial charge in [-0.05, 0) is 123 Å². The zero-order valence-electron chi connectivity index (χ0n) is 25.4. The number of carbonyl (C=O) groups is 1. The zero-order valence-corrected chi connectivity index (χ0v) is 26.3. The predicted molar refractivity (Wildman–Crippen MR) is 168 cm³/mol. The number of aromatic nitrogens is 1. The molecule has 0 unspecified atom stereocenters. The molecule has 2 aromatic carbocycles. The molecular formula is C34H42N4O4S. The number of likely N-dealkylation sites (tertiary alicyclic amines) is 1. The topological polar surface area (TPSA) is 91.8 Å². The van der Waals surface area contributed by atoms with Gasteiger partial charge >= 0.3 is 0 Å². The Morgan fingerprint density at radius 3 is 2.26 bits per heavy atom. The van der Waals surface area contributed by atoms with Crippen molar-refractivity contribution >= 4 is 21.6 Å². The number of hydrogen-bond donors (Lipinski definition) is 1. The SMILES string of the molecule is COc1cc(C)c(S(=O)(=O)N[C@@H]2CCCc3ccc(C(=O)N4CCC5(CC4)CCN(c4ccncc4)CC5)cc32)c(C)c1. The van der Waals surface area contributed by atoms with Gasteiger partial charge in [-0.1, -0.05) is 6.07 Å². The van der Waals surface area contributed by atoms with E-state index in [-0.39, 0.29) is 11.9 Å². The average molecular weight is 603 g/mol. The summed E-state index contributed by atoms with van der Waals surface area (Å²) in [6.07, 6.45) is 10.5. The summed E-state index contributed by atoms with van der Waals surface area (Å²) in [5.74, 6) is 0.681. The number of amides is 1. The van der Waals surface area contributed by atoms with Gasteiger partial charge in [-0.3, -0.25) is 9.78 Å². The number of benzene rings is 2. The van der Waals surface area contributed by atoms with E-state index in [4.69, 9.17) is 4.74 Å². The molecule has 6 rings (SSSR count). The lowest BCUT2D eigenvalue weighted by molar-refractivity contribution is 0.0515. The lowest BCUT2D eigenvalue weighted by Crippen LogP contribution is -2.48. The number of hydrogen-bond acceptors (Lipinski definition) is 6. The van der Waals surface area contributed by atoms with Gasteiger partial charge in [0.15, 0.2) is 0 Å². The fourth-order valence-corrected chi connectivity index (χ4v) is 9.12. The fraction of sp³-hybridized carbons (Fsp3) is 0.471. The maximum absolute atomic E-state index is 13.7. The molecule has 43 heavy (non-hydrogen) atoms. The highest BCUT2D eigenvalue weighted by Gasteiger charge is 2.39. The third kappa shape index (κ3) is 6.02. The van der Waals surface area contributed by atoms with E-state index in [0.717, 1.165) is 75.8 Å². The number of ether oxygens (including phenoxy) is 1. The van der Waals surface area contributed by atoms with Crippen LogP contribution in [0.5, 0.6) is 5.75 Å². The highest BCUT2D eigenvalue weighted by Crippen LogP contribution is 2.42. The quantitative estimate of drug-likeness (QED) is 0.396. The van der Waals surface area contributed by atoms with E-state index in [0.29, 0.717) is 39.2 Å². The number of fused-ring (bicyclic) bond motifs is 1. The van der Waals surface area contributed by atoms with Crippen molar-refractivity contribution in [2.75, 3.05) is 38.2 Å². The van der Waals surface area contributed by atoms with Crippen LogP contribution in [0, 0.1) is 19.3 Å². The van der Waals surface area contributed by atoms with Gasteiger partial charge in [0.25, 0.3) is 5.91 Å². The van der Waals surface area contributed by atoms with Crippen molar-refractivity contribution < 1.29 is 17.9 Å². The number of carbonyl (C=O) groups excluding carboxylic acids is 1. The van der Waals surface area contributed by atoms with Crippen molar-refractivity contribution in [3.05, 3.63) is 82.7 Å². The first kappa shape index (κ1) is 29.6. The Morgan fingerprint density at radius 1 is 0.953 bits per heavy atom. The maximum atomic E-state index is 13.7. The summed E-state index contributed by atoms with van der Waals surface area (Å²) in [5.41, 5.74) is 5.51. The Kier molecular flexibility index (Phi) is 8.22. The third-order valence-electron chi connectivity index (χ3n) is 9.91. The monoisotopic (exact) mass is 602 g/mol. The molecule has 1 aliphatic carbocycles. The number of rotatable bonds is 6. The Balaban J connectivity index is 1.13. The van der Waals surface area contributed by atoms with Crippen LogP contribution in [0.4, 0.5) is 5.69 Å². The van der Waals surface area contributed by atoms with Gasteiger partial charge in [0.2, 0.25) is 10.0 Å². The van der Waals surface area contributed by atoms with Crippen LogP contribution in [0.25, 0.3) is 0 Å². The molecule has 3 heterocycles. The van der Waals surface area contributed by atoms with E-state index in [2.05, 4.69) is 26.7 Å². The number of methoxy groups -OCH3 is 1. The van der Waals surface area contributed by atoms with Gasteiger partial charge in [0, 0.05) is 55.9 Å². The molecule has 1 atom stereocenters. The molecule has 0 radical (unpaired) electrons. The van der Waals surface area contributed by atoms with Crippen molar-refractivity contribution in [2.24, 2.45) is 5.41 Å². The van der Waals surface area contributed by atoms with Crippen LogP contribution < -0.4 is 14.4 Å². The number of piperidine rings is 2. The number of pyridine rings is 1. The van der Waals surface area contributed by atoms with Gasteiger partial charge in [0.05, 0.1) is 12.0 Å². The molecule has 1 amide bonds. The first-order chi connectivity index (χ1) is 20.7. The van der Waals surface area contributed by atoms with Crippen LogP contribution in [0.3, 0.4) is 0 Å². The van der Waals surface area contributed by atoms with Crippen LogP contribution in [-0.2, 0) is 16.4 Å². The van der Waals surface area contributed by atoms with Crippen molar-refractivity contribution in [3.8, 4) is 5.75 Å². The lowest BCUT2D eigenvalue weighted by atomic mass is 9.71. The van der Waals surface area contributed by atoms with Crippen molar-refractivity contribution in [2.45, 2.75) is 69.7 Å². The highest BCUT2D eigenvalue weighted by atomic mass is 32.2. The summed E-state index contributed by atoms with van der Waals surface area (Å²) in [6.45, 7) is 7.19. The third-order valence-corrected chi connectivity index (χ3v) is 11.7. The second-order valence-corrected chi connectivity index (χ2v) is 14.2. The van der Waals surface area contributed by atoms with Crippen LogP contribution in [0.1, 0.15) is 77.2 Å². The fourth-order valence-electron chi connectivity index (χ4n) is 7.41. The van der Waals surface area contributed by atoms with Gasteiger partial charge < -0.3 is 14.5 Å². The smallest absolute Gasteiger partial charge is 0.253 e. The molecule has 3 aromatic rings. The Labute approximate surface area is 255 Å². The van der Waals surface area contributed by atoms with Crippen LogP contribution in [0.15, 0.2) is 59.8 Å². The minimum absolute atomic E-state index is 0.0425. The van der Waals surface area contributed by atoms with Crippen molar-refractivity contribution in [3.63, 3.8) is 0 Å². The highest BCUT2D eigenvalue weighted by molar-refractivity contribution is 7.89. The maximum Gasteiger partial charge on any atom is 0.253 e. The summed E-state index contributed by atoms with van der Waals surface area (Å²) >= 11 is 0. The molecule has 8 nitrogen and oxygen atoms in total. The Bertz CT molecular complexity index is 1570. The summed E-state index contributed by atoms with van der Waals surface area (Å²) < 4.78 is 35.6. The van der Waals surface area contributed by atoms with Crippen LogP contribution >= 0.6 is 0 Å². The molecule has 0 saturated carbocycles. The van der Waals surface area contributed by atoms with Crippen molar-refractivity contribution in [1.82, 2.24) is 14.6 Å². The molecule has 228 valence electrons. The molecule has 1 aromatic heterocycles. The second kappa shape index (κ2) is 11.9. The number of sulfonamides is 1. The summed E-state index contributed by atoms with van der Waals surface area (Å²) in [6, 6.07) is 13.2. The first-order valence-electron chi connectivity index (χ1n) is 15.4. The average Bonchev–Trinajstić information content (AvgIpc) is 3.01. The van der Waals surface area contributed by atoms with E-state index >= 15 is 0 Å². The Hall–Kier alpha value is -3.43. The van der Waals surface area contributed by atoms with Crippen molar-refractivity contribution in [1.29, 1.82) is 0 Å². The van der Waals surface area contributed by atoms with Gasteiger partial charge in [-0.2, -0.15) is 0 Å². The lowest BCUT2D eigenvalue weighted by Gasteiger charge is -2.47. The number of nitrogens with one attached hydrogen (secondary N) is 1. The number of nitrogens with zero attached hydrogens (tertiary/aromatic N) is 3. The molecule has 2 saturated heterocycles. The standard InChI is InChI=1S/C34H42N4O4S/c1-24-21-29(42-3)22-25(2)32(24)43(40,41)36-31-6-4-5-26-7-8-27(23-30(26)31)33(39)38-19-13-34(14-20-38)11-17-37(18-12-34)28-9-15-35-16-10-28/h7-10,15-16,21-23,31,36H,4-6,11-14,17-20H2,1-3H3/t31-/m1/s1. The van der Waals surface area contributed by atoms with E-state index in [9.17, 15) is 13.2 Å². The number of aryl methyl sites for hydroxylation is 3. The minimum atomic E-state index is -3.79. The van der Waals surface area contributed by atoms with E-state index in [1.165, 1.54) is 5.69 Å². The molecule has 2 fully saturated rings. The first-order valence-corrected chi connectivity index (χ1v) is 16.9. The molecular weight excluding hydrogens is 560 g/mol. The second-order valence-electron chi connectivity index (χ2n) is 12.6. The largest absolute Gasteiger partial charge is 0.497 e. The van der Waals surface area contributed by atoms with Gasteiger partial charge in [-0.15, -0.1) is 0 Å². The molecule has 3 aliphatic rings. The Morgan fingerprint density at radius 2 is 1.60 bits per heavy atom. The van der Waals surface area contributed by atoms with E-state index < -0.39 is 10.0 Å². The molecule has 0 bridgehead atoms. The van der Waals surface area contributed by atoms with Gasteiger partial charge in [-0.25, -0.2) is 13.1 Å². The summed E-state index contributed by atoms with van der Waals surface area (Å²) in [5, 5.41) is 0.